The van der Waals surface area contributed by atoms with Crippen molar-refractivity contribution >= 4 is 29.0 Å². The zero-order valence-electron chi connectivity index (χ0n) is 18.1. The highest BCUT2D eigenvalue weighted by atomic mass is 19.3. The lowest BCUT2D eigenvalue weighted by molar-refractivity contribution is -0.0222. The third kappa shape index (κ3) is 3.41. The predicted octanol–water partition coefficient (Wildman–Crippen LogP) is 4.06. The maximum Gasteiger partial charge on any atom is 0.351 e. The van der Waals surface area contributed by atoms with Crippen LogP contribution in [0.2, 0.25) is 0 Å². The van der Waals surface area contributed by atoms with E-state index >= 15 is 0 Å². The fraction of sp³-hybridized carbons (Fsp3) is 0.348. The molecule has 6 rings (SSSR count). The molecule has 2 bridgehead atoms. The van der Waals surface area contributed by atoms with Gasteiger partial charge in [-0.3, -0.25) is 4.90 Å². The van der Waals surface area contributed by atoms with E-state index in [9.17, 15) is 8.78 Å². The van der Waals surface area contributed by atoms with Crippen molar-refractivity contribution in [3.05, 3.63) is 53.9 Å². The van der Waals surface area contributed by atoms with Gasteiger partial charge in [0.2, 0.25) is 0 Å². The standard InChI is InChI=1S/C23H24F2N6O2/c1-15-13-27-23(28-16-2-4-17(5-3-16)30-10-8-22(24,25)9-11-30)31(21(15)29-33-23)18-6-7-20-19(12-18)26-14-32-20/h2-7,12-13,26,28-29H,8-11,14H2,1H3. The van der Waals surface area contributed by atoms with Crippen LogP contribution in [0.5, 0.6) is 5.75 Å². The quantitative estimate of drug-likeness (QED) is 0.643. The number of benzene rings is 2. The van der Waals surface area contributed by atoms with Gasteiger partial charge in [-0.25, -0.2) is 24.1 Å². The van der Waals surface area contributed by atoms with Crippen LogP contribution in [-0.2, 0) is 4.84 Å². The lowest BCUT2D eigenvalue weighted by Gasteiger charge is -2.36. The average Bonchev–Trinajstić information content (AvgIpc) is 3.39. The van der Waals surface area contributed by atoms with Crippen molar-refractivity contribution in [3.8, 4) is 5.75 Å². The number of nitrogens with one attached hydrogen (secondary N) is 3. The molecule has 0 aliphatic carbocycles. The van der Waals surface area contributed by atoms with E-state index in [2.05, 4.69) is 21.1 Å². The van der Waals surface area contributed by atoms with Gasteiger partial charge in [0.25, 0.3) is 5.92 Å². The number of ether oxygens (including phenoxy) is 1. The van der Waals surface area contributed by atoms with Gasteiger partial charge < -0.3 is 20.3 Å². The van der Waals surface area contributed by atoms with Gasteiger partial charge in [-0.15, -0.1) is 0 Å². The third-order valence-electron chi connectivity index (χ3n) is 6.37. The first-order valence-electron chi connectivity index (χ1n) is 10.9. The highest BCUT2D eigenvalue weighted by Gasteiger charge is 2.49. The molecule has 1 unspecified atom stereocenters. The molecule has 2 aromatic carbocycles. The smallest absolute Gasteiger partial charge is 0.351 e. The van der Waals surface area contributed by atoms with Gasteiger partial charge in [-0.05, 0) is 49.4 Å². The molecule has 2 saturated heterocycles. The molecule has 4 aliphatic rings. The molecule has 0 saturated carbocycles. The summed E-state index contributed by atoms with van der Waals surface area (Å²) in [7, 11) is 0. The van der Waals surface area contributed by atoms with E-state index < -0.39 is 11.9 Å². The Labute approximate surface area is 189 Å². The molecule has 4 aliphatic heterocycles. The van der Waals surface area contributed by atoms with Crippen LogP contribution in [0.1, 0.15) is 19.8 Å². The minimum atomic E-state index is -2.56. The van der Waals surface area contributed by atoms with E-state index in [4.69, 9.17) is 9.57 Å². The van der Waals surface area contributed by atoms with Crippen LogP contribution in [-0.4, -0.2) is 37.9 Å². The van der Waals surface area contributed by atoms with E-state index in [1.807, 2.05) is 59.2 Å². The summed E-state index contributed by atoms with van der Waals surface area (Å²) in [6.07, 6.45) is 1.54. The molecule has 0 amide bonds. The number of aliphatic imine (C=N–C) groups is 1. The van der Waals surface area contributed by atoms with Crippen molar-refractivity contribution in [1.82, 2.24) is 5.48 Å². The number of nitrogens with zero attached hydrogens (tertiary/aromatic N) is 3. The van der Waals surface area contributed by atoms with Crippen molar-refractivity contribution in [2.45, 2.75) is 31.7 Å². The molecule has 2 aromatic rings. The number of anilines is 4. The van der Waals surface area contributed by atoms with Crippen LogP contribution in [0.3, 0.4) is 0 Å². The van der Waals surface area contributed by atoms with Gasteiger partial charge in [0.15, 0.2) is 6.73 Å². The Kier molecular flexibility index (Phi) is 4.41. The number of alkyl halides is 2. The Morgan fingerprint density at radius 1 is 1.06 bits per heavy atom. The fourth-order valence-corrected chi connectivity index (χ4v) is 4.51. The third-order valence-corrected chi connectivity index (χ3v) is 6.37. The molecule has 0 spiro atoms. The number of allylic oxidation sites excluding steroid dienone is 1. The summed E-state index contributed by atoms with van der Waals surface area (Å²) < 4.78 is 32.5. The minimum Gasteiger partial charge on any atom is -0.471 e. The van der Waals surface area contributed by atoms with Crippen molar-refractivity contribution < 1.29 is 18.4 Å². The monoisotopic (exact) mass is 454 g/mol. The van der Waals surface area contributed by atoms with Crippen molar-refractivity contribution in [1.29, 1.82) is 0 Å². The van der Waals surface area contributed by atoms with Crippen molar-refractivity contribution in [3.63, 3.8) is 0 Å². The van der Waals surface area contributed by atoms with Gasteiger partial charge in [0.1, 0.15) is 11.6 Å². The first-order valence-corrected chi connectivity index (χ1v) is 10.9. The highest BCUT2D eigenvalue weighted by molar-refractivity contribution is 5.85. The number of piperidine rings is 1. The van der Waals surface area contributed by atoms with E-state index in [1.54, 1.807) is 6.21 Å². The zero-order valence-corrected chi connectivity index (χ0v) is 18.1. The molecule has 4 heterocycles. The number of fused-ring (bicyclic) bond motifs is 3. The molecule has 0 radical (unpaired) electrons. The van der Waals surface area contributed by atoms with E-state index in [0.717, 1.165) is 39.9 Å². The summed E-state index contributed by atoms with van der Waals surface area (Å²) in [4.78, 5) is 14.6. The Hall–Kier alpha value is -3.53. The summed E-state index contributed by atoms with van der Waals surface area (Å²) in [5.41, 5.74) is 7.43. The van der Waals surface area contributed by atoms with Crippen LogP contribution in [0.15, 0.2) is 58.9 Å². The van der Waals surface area contributed by atoms with Crippen LogP contribution in [0.4, 0.5) is 31.5 Å². The highest BCUT2D eigenvalue weighted by Crippen LogP contribution is 2.42. The number of hydrogen-bond donors (Lipinski definition) is 3. The van der Waals surface area contributed by atoms with E-state index in [1.165, 1.54) is 0 Å². The van der Waals surface area contributed by atoms with Crippen LogP contribution >= 0.6 is 0 Å². The molecule has 3 N–H and O–H groups in total. The van der Waals surface area contributed by atoms with Crippen LogP contribution in [0, 0.1) is 0 Å². The van der Waals surface area contributed by atoms with Gasteiger partial charge >= 0.3 is 5.97 Å². The van der Waals surface area contributed by atoms with Gasteiger partial charge in [0, 0.05) is 49.1 Å². The summed E-state index contributed by atoms with van der Waals surface area (Å²) in [6.45, 7) is 3.09. The maximum atomic E-state index is 13.5. The molecule has 1 atom stereocenters. The largest absolute Gasteiger partial charge is 0.471 e. The number of hydrogen-bond acceptors (Lipinski definition) is 8. The van der Waals surface area contributed by atoms with Gasteiger partial charge in [0.05, 0.1) is 11.4 Å². The predicted molar refractivity (Wildman–Crippen MR) is 123 cm³/mol. The lowest BCUT2D eigenvalue weighted by Crippen LogP contribution is -2.51. The summed E-state index contributed by atoms with van der Waals surface area (Å²) in [6, 6.07) is 13.6. The molecule has 8 nitrogen and oxygen atoms in total. The molecular formula is C23H24F2N6O2. The number of rotatable bonds is 4. The molecular weight excluding hydrogens is 430 g/mol. The summed E-state index contributed by atoms with van der Waals surface area (Å²) in [5, 5.41) is 6.59. The number of halogens is 2. The maximum absolute atomic E-state index is 13.5. The lowest BCUT2D eigenvalue weighted by atomic mass is 10.1. The second-order valence-electron chi connectivity index (χ2n) is 8.60. The van der Waals surface area contributed by atoms with Crippen molar-refractivity contribution in [2.24, 2.45) is 4.99 Å². The van der Waals surface area contributed by atoms with Crippen LogP contribution < -0.4 is 30.7 Å². The van der Waals surface area contributed by atoms with E-state index in [-0.39, 0.29) is 12.8 Å². The van der Waals surface area contributed by atoms with Gasteiger partial charge in [-0.1, -0.05) is 0 Å². The summed E-state index contributed by atoms with van der Waals surface area (Å²) >= 11 is 0. The molecule has 10 heteroatoms. The second-order valence-corrected chi connectivity index (χ2v) is 8.60. The SMILES string of the molecule is CC1=C2NOC(Nc3ccc(N4CCC(F)(F)CC4)cc3)(N=C1)N2c1ccc2c(c1)NCO2. The van der Waals surface area contributed by atoms with Gasteiger partial charge in [-0.2, -0.15) is 0 Å². The molecule has 33 heavy (non-hydrogen) atoms. The second kappa shape index (κ2) is 7.24. The zero-order chi connectivity index (χ0) is 22.6. The Morgan fingerprint density at radius 3 is 2.61 bits per heavy atom. The summed E-state index contributed by atoms with van der Waals surface area (Å²) in [5.74, 6) is -2.17. The Morgan fingerprint density at radius 2 is 1.82 bits per heavy atom. The van der Waals surface area contributed by atoms with Crippen LogP contribution in [0.25, 0.3) is 0 Å². The molecule has 2 fully saturated rings. The normalized spacial score (nSPS) is 24.8. The Balaban J connectivity index is 1.26. The topological polar surface area (TPSA) is 73.4 Å². The minimum absolute atomic E-state index is 0.117. The number of hydroxylamine groups is 1. The first kappa shape index (κ1) is 20.1. The average molecular weight is 454 g/mol. The van der Waals surface area contributed by atoms with Crippen molar-refractivity contribution in [2.75, 3.05) is 40.3 Å². The Bertz CT molecular complexity index is 1140. The van der Waals surface area contributed by atoms with E-state index in [0.29, 0.717) is 19.8 Å². The fourth-order valence-electron chi connectivity index (χ4n) is 4.51. The molecule has 0 aromatic heterocycles. The first-order chi connectivity index (χ1) is 15.9. The molecule has 172 valence electrons.